The Morgan fingerprint density at radius 2 is 1.62 bits per heavy atom. The minimum atomic E-state index is -3.96. The van der Waals surface area contributed by atoms with Gasteiger partial charge in [0.25, 0.3) is 0 Å². The van der Waals surface area contributed by atoms with E-state index in [0.29, 0.717) is 46.6 Å². The summed E-state index contributed by atoms with van der Waals surface area (Å²) >= 11 is 6.44. The first-order valence-corrected chi connectivity index (χ1v) is 12.0. The van der Waals surface area contributed by atoms with Gasteiger partial charge in [-0.05, 0) is 35.9 Å². The minimum absolute atomic E-state index is 0.0647. The molecule has 0 saturated heterocycles. The van der Waals surface area contributed by atoms with Crippen LogP contribution in [0.4, 0.5) is 0 Å². The molecule has 1 N–H and O–H groups in total. The van der Waals surface area contributed by atoms with Gasteiger partial charge in [0.05, 0.1) is 18.1 Å². The highest BCUT2D eigenvalue weighted by Crippen LogP contribution is 2.35. The van der Waals surface area contributed by atoms with Crippen LogP contribution in [0, 0.1) is 0 Å². The first kappa shape index (κ1) is 20.9. The van der Waals surface area contributed by atoms with Crippen LogP contribution in [-0.2, 0) is 10.0 Å². The molecule has 3 aromatic carbocycles. The number of ether oxygens (including phenoxy) is 2. The van der Waals surface area contributed by atoms with Gasteiger partial charge < -0.3 is 13.9 Å². The van der Waals surface area contributed by atoms with E-state index in [2.05, 4.69) is 4.72 Å². The Morgan fingerprint density at radius 3 is 2.44 bits per heavy atom. The number of fused-ring (bicyclic) bond motifs is 2. The molecule has 1 atom stereocenters. The Balaban J connectivity index is 1.56. The summed E-state index contributed by atoms with van der Waals surface area (Å²) in [6, 6.07) is 20.2. The third-order valence-corrected chi connectivity index (χ3v) is 7.01. The van der Waals surface area contributed by atoms with Gasteiger partial charge in [0.1, 0.15) is 17.4 Å². The summed E-state index contributed by atoms with van der Waals surface area (Å²) in [5.41, 5.74) is 1.25. The number of halogens is 1. The highest BCUT2D eigenvalue weighted by Gasteiger charge is 2.28. The summed E-state index contributed by atoms with van der Waals surface area (Å²) < 4.78 is 46.8. The number of sulfonamides is 1. The van der Waals surface area contributed by atoms with Crippen LogP contribution in [0.3, 0.4) is 0 Å². The molecule has 164 valence electrons. The van der Waals surface area contributed by atoms with Crippen LogP contribution in [0.1, 0.15) is 23.8 Å². The van der Waals surface area contributed by atoms with Crippen LogP contribution in [0.15, 0.2) is 82.1 Å². The third-order valence-electron chi connectivity index (χ3n) is 5.25. The van der Waals surface area contributed by atoms with Gasteiger partial charge >= 0.3 is 0 Å². The van der Waals surface area contributed by atoms with Crippen molar-refractivity contribution in [1.29, 1.82) is 0 Å². The van der Waals surface area contributed by atoms with Crippen molar-refractivity contribution in [2.45, 2.75) is 17.4 Å². The zero-order chi connectivity index (χ0) is 22.1. The molecule has 0 fully saturated rings. The maximum absolute atomic E-state index is 13.4. The maximum atomic E-state index is 13.4. The normalized spacial score (nSPS) is 14.8. The van der Waals surface area contributed by atoms with Gasteiger partial charge in [-0.3, -0.25) is 0 Å². The molecule has 0 amide bonds. The van der Waals surface area contributed by atoms with E-state index in [4.69, 9.17) is 25.5 Å². The van der Waals surface area contributed by atoms with Crippen LogP contribution in [0.5, 0.6) is 11.5 Å². The summed E-state index contributed by atoms with van der Waals surface area (Å²) in [6.07, 6.45) is 0.732. The van der Waals surface area contributed by atoms with Crippen molar-refractivity contribution in [3.63, 3.8) is 0 Å². The number of rotatable bonds is 5. The molecule has 0 saturated carbocycles. The molecule has 1 aromatic heterocycles. The summed E-state index contributed by atoms with van der Waals surface area (Å²) in [5, 5.41) is 1.30. The van der Waals surface area contributed by atoms with E-state index in [-0.39, 0.29) is 4.90 Å². The summed E-state index contributed by atoms with van der Waals surface area (Å²) in [7, 11) is -3.96. The van der Waals surface area contributed by atoms with E-state index in [1.54, 1.807) is 30.3 Å². The first-order chi connectivity index (χ1) is 15.5. The number of benzene rings is 3. The van der Waals surface area contributed by atoms with Crippen LogP contribution in [0.2, 0.25) is 5.02 Å². The van der Waals surface area contributed by atoms with Crippen molar-refractivity contribution >= 4 is 32.6 Å². The Labute approximate surface area is 190 Å². The molecule has 0 unspecified atom stereocenters. The number of hydrogen-bond acceptors (Lipinski definition) is 5. The lowest BCUT2D eigenvalue weighted by Gasteiger charge is -2.19. The van der Waals surface area contributed by atoms with E-state index in [0.717, 1.165) is 11.8 Å². The largest absolute Gasteiger partial charge is 0.490 e. The highest BCUT2D eigenvalue weighted by atomic mass is 35.5. The summed E-state index contributed by atoms with van der Waals surface area (Å²) in [6.45, 7) is 0.989. The van der Waals surface area contributed by atoms with Crippen LogP contribution in [-0.4, -0.2) is 21.6 Å². The van der Waals surface area contributed by atoms with Gasteiger partial charge in [-0.15, -0.1) is 0 Å². The van der Waals surface area contributed by atoms with Gasteiger partial charge in [-0.2, -0.15) is 4.72 Å². The quantitative estimate of drug-likeness (QED) is 0.428. The molecule has 8 heteroatoms. The van der Waals surface area contributed by atoms with Crippen LogP contribution in [0.25, 0.3) is 11.0 Å². The van der Waals surface area contributed by atoms with Gasteiger partial charge in [0.15, 0.2) is 11.5 Å². The van der Waals surface area contributed by atoms with Crippen LogP contribution >= 0.6 is 11.6 Å². The summed E-state index contributed by atoms with van der Waals surface area (Å²) in [5.74, 6) is 1.38. The number of nitrogens with one attached hydrogen (secondary N) is 1. The molecular weight excluding hydrogens is 450 g/mol. The third kappa shape index (κ3) is 4.07. The molecule has 1 aliphatic rings. The van der Waals surface area contributed by atoms with E-state index in [1.165, 1.54) is 12.1 Å². The summed E-state index contributed by atoms with van der Waals surface area (Å²) in [4.78, 5) is 0.0647. The average Bonchev–Trinajstić information content (AvgIpc) is 3.08. The molecule has 32 heavy (non-hydrogen) atoms. The topological polar surface area (TPSA) is 77.8 Å². The lowest BCUT2D eigenvalue weighted by Crippen LogP contribution is -2.29. The second kappa shape index (κ2) is 8.50. The van der Waals surface area contributed by atoms with E-state index in [1.807, 2.05) is 30.3 Å². The maximum Gasteiger partial charge on any atom is 0.241 e. The molecule has 2 heterocycles. The molecule has 0 spiro atoms. The lowest BCUT2D eigenvalue weighted by molar-refractivity contribution is 0.297. The molecular formula is C24H20ClNO5S. The fourth-order valence-corrected chi connectivity index (χ4v) is 5.11. The van der Waals surface area contributed by atoms with Crippen LogP contribution < -0.4 is 14.2 Å². The second-order valence-corrected chi connectivity index (χ2v) is 9.54. The zero-order valence-electron chi connectivity index (χ0n) is 17.0. The van der Waals surface area contributed by atoms with Gasteiger partial charge in [-0.1, -0.05) is 48.0 Å². The second-order valence-electron chi connectivity index (χ2n) is 7.42. The fraction of sp³-hybridized carbons (Fsp3) is 0.167. The Morgan fingerprint density at radius 1 is 0.875 bits per heavy atom. The predicted molar refractivity (Wildman–Crippen MR) is 122 cm³/mol. The van der Waals surface area contributed by atoms with E-state index < -0.39 is 16.1 Å². The first-order valence-electron chi connectivity index (χ1n) is 10.2. The molecule has 6 nitrogen and oxygen atoms in total. The molecule has 0 radical (unpaired) electrons. The lowest BCUT2D eigenvalue weighted by atomic mass is 10.1. The monoisotopic (exact) mass is 469 g/mol. The Bertz CT molecular complexity index is 1350. The van der Waals surface area contributed by atoms with Gasteiger partial charge in [0, 0.05) is 22.9 Å². The van der Waals surface area contributed by atoms with Crippen molar-refractivity contribution in [3.05, 3.63) is 89.1 Å². The smallest absolute Gasteiger partial charge is 0.241 e. The van der Waals surface area contributed by atoms with Crippen molar-refractivity contribution in [3.8, 4) is 11.5 Å². The number of hydrogen-bond donors (Lipinski definition) is 1. The van der Waals surface area contributed by atoms with E-state index >= 15 is 0 Å². The standard InChI is InChI=1S/C24H20ClNO5S/c25-19-8-3-2-7-18(19)24(23-14-16-6-1-4-9-20(16)31-23)26-32(27,28)17-10-11-21-22(15-17)30-13-5-12-29-21/h1-4,6-11,14-15,24,26H,5,12-13H2/t24-/m1/s1. The Hall–Kier alpha value is -3.00. The SMILES string of the molecule is O=S(=O)(N[C@@H](c1cc2ccccc2o1)c1ccccc1Cl)c1ccc2c(c1)OCCCO2. The minimum Gasteiger partial charge on any atom is -0.490 e. The van der Waals surface area contributed by atoms with Crippen molar-refractivity contribution in [2.24, 2.45) is 0 Å². The highest BCUT2D eigenvalue weighted by molar-refractivity contribution is 7.89. The van der Waals surface area contributed by atoms with Crippen molar-refractivity contribution in [1.82, 2.24) is 4.72 Å². The molecule has 0 bridgehead atoms. The fourth-order valence-electron chi connectivity index (χ4n) is 3.66. The molecule has 0 aliphatic carbocycles. The number of para-hydroxylation sites is 1. The van der Waals surface area contributed by atoms with Gasteiger partial charge in [-0.25, -0.2) is 8.42 Å². The predicted octanol–water partition coefficient (Wildman–Crippen LogP) is 5.32. The van der Waals surface area contributed by atoms with Crippen molar-refractivity contribution < 1.29 is 22.3 Å². The molecule has 4 aromatic rings. The number of furan rings is 1. The molecule has 5 rings (SSSR count). The average molecular weight is 470 g/mol. The van der Waals surface area contributed by atoms with Crippen molar-refractivity contribution in [2.75, 3.05) is 13.2 Å². The van der Waals surface area contributed by atoms with E-state index in [9.17, 15) is 8.42 Å². The molecule has 1 aliphatic heterocycles. The zero-order valence-corrected chi connectivity index (χ0v) is 18.5. The van der Waals surface area contributed by atoms with Gasteiger partial charge in [0.2, 0.25) is 10.0 Å². The Kier molecular flexibility index (Phi) is 5.55.